The Morgan fingerprint density at radius 2 is 1.67 bits per heavy atom. The van der Waals surface area contributed by atoms with Crippen LogP contribution in [-0.2, 0) is 13.0 Å². The van der Waals surface area contributed by atoms with Gasteiger partial charge >= 0.3 is 0 Å². The predicted octanol–water partition coefficient (Wildman–Crippen LogP) is 4.70. The van der Waals surface area contributed by atoms with E-state index in [0.29, 0.717) is 41.3 Å². The molecule has 2 heterocycles. The average Bonchev–Trinajstić information content (AvgIpc) is 3.22. The van der Waals surface area contributed by atoms with Crippen LogP contribution in [-0.4, -0.2) is 30.5 Å². The molecule has 6 nitrogen and oxygen atoms in total. The highest BCUT2D eigenvalue weighted by Crippen LogP contribution is 2.26. The first-order valence-electron chi connectivity index (χ1n) is 10.5. The van der Waals surface area contributed by atoms with Gasteiger partial charge in [-0.15, -0.1) is 10.2 Å². The van der Waals surface area contributed by atoms with Crippen LogP contribution in [0.5, 0.6) is 0 Å². The number of thioether (sulfide) groups is 1. The molecule has 2 aromatic heterocycles. The number of halogens is 1. The van der Waals surface area contributed by atoms with E-state index in [2.05, 4.69) is 20.2 Å². The summed E-state index contributed by atoms with van der Waals surface area (Å²) >= 11 is 1.54. The van der Waals surface area contributed by atoms with Gasteiger partial charge in [-0.2, -0.15) is 0 Å². The van der Waals surface area contributed by atoms with Crippen molar-refractivity contribution in [1.29, 1.82) is 0 Å². The molecule has 3 aromatic carbocycles. The first kappa shape index (κ1) is 21.1. The Kier molecular flexibility index (Phi) is 5.99. The lowest BCUT2D eigenvalue weighted by Crippen LogP contribution is -2.12. The quantitative estimate of drug-likeness (QED) is 0.359. The Labute approximate surface area is 193 Å². The van der Waals surface area contributed by atoms with Gasteiger partial charge in [-0.1, -0.05) is 54.2 Å². The molecule has 0 unspecified atom stereocenters. The Hall–Kier alpha value is -3.78. The SMILES string of the molecule is O=c1[nH]c(CCSc2nnc(-c3ccc(F)cc3)n2Cc2ccccc2)nc2ccccc12. The van der Waals surface area contributed by atoms with Crippen LogP contribution < -0.4 is 5.56 Å². The van der Waals surface area contributed by atoms with Crippen LogP contribution in [0.15, 0.2) is 88.8 Å². The Balaban J connectivity index is 1.39. The molecular formula is C25H20FN5OS. The van der Waals surface area contributed by atoms with Crippen molar-refractivity contribution < 1.29 is 4.39 Å². The summed E-state index contributed by atoms with van der Waals surface area (Å²) < 4.78 is 15.5. The molecule has 164 valence electrons. The zero-order valence-electron chi connectivity index (χ0n) is 17.6. The molecule has 0 amide bonds. The predicted molar refractivity (Wildman–Crippen MR) is 128 cm³/mol. The maximum absolute atomic E-state index is 13.4. The second kappa shape index (κ2) is 9.38. The smallest absolute Gasteiger partial charge is 0.258 e. The molecule has 0 fully saturated rings. The van der Waals surface area contributed by atoms with E-state index < -0.39 is 0 Å². The van der Waals surface area contributed by atoms with Crippen LogP contribution in [0, 0.1) is 5.82 Å². The van der Waals surface area contributed by atoms with Crippen LogP contribution in [0.1, 0.15) is 11.4 Å². The average molecular weight is 458 g/mol. The number of nitrogens with one attached hydrogen (secondary N) is 1. The molecule has 0 aliphatic rings. The van der Waals surface area contributed by atoms with Gasteiger partial charge in [0.05, 0.1) is 17.4 Å². The van der Waals surface area contributed by atoms with Crippen LogP contribution in [0.3, 0.4) is 0 Å². The van der Waals surface area contributed by atoms with Crippen LogP contribution >= 0.6 is 11.8 Å². The molecule has 0 spiro atoms. The summed E-state index contributed by atoms with van der Waals surface area (Å²) in [6.07, 6.45) is 0.578. The number of H-pyrrole nitrogens is 1. The fourth-order valence-electron chi connectivity index (χ4n) is 3.61. The number of para-hydroxylation sites is 1. The number of rotatable bonds is 7. The lowest BCUT2D eigenvalue weighted by molar-refractivity contribution is 0.628. The van der Waals surface area contributed by atoms with Crippen molar-refractivity contribution in [3.8, 4) is 11.4 Å². The Bertz CT molecular complexity index is 1450. The molecule has 0 aliphatic heterocycles. The number of hydrogen-bond acceptors (Lipinski definition) is 5. The van der Waals surface area contributed by atoms with Crippen LogP contribution in [0.4, 0.5) is 4.39 Å². The van der Waals surface area contributed by atoms with Crippen molar-refractivity contribution in [1.82, 2.24) is 24.7 Å². The van der Waals surface area contributed by atoms with E-state index >= 15 is 0 Å². The van der Waals surface area contributed by atoms with E-state index in [1.54, 1.807) is 30.0 Å². The molecule has 1 N–H and O–H groups in total. The lowest BCUT2D eigenvalue weighted by atomic mass is 10.2. The van der Waals surface area contributed by atoms with Gasteiger partial charge in [0, 0.05) is 17.7 Å². The van der Waals surface area contributed by atoms with Gasteiger partial charge in [-0.05, 0) is 42.0 Å². The monoisotopic (exact) mass is 457 g/mol. The number of benzene rings is 3. The van der Waals surface area contributed by atoms with E-state index in [1.165, 1.54) is 12.1 Å². The fourth-order valence-corrected chi connectivity index (χ4v) is 4.49. The van der Waals surface area contributed by atoms with Gasteiger partial charge < -0.3 is 4.98 Å². The maximum Gasteiger partial charge on any atom is 0.258 e. The van der Waals surface area contributed by atoms with Gasteiger partial charge in [0.1, 0.15) is 11.6 Å². The van der Waals surface area contributed by atoms with Gasteiger partial charge in [0.2, 0.25) is 0 Å². The van der Waals surface area contributed by atoms with E-state index in [-0.39, 0.29) is 11.4 Å². The minimum absolute atomic E-state index is 0.133. The van der Waals surface area contributed by atoms with Crippen LogP contribution in [0.2, 0.25) is 0 Å². The molecule has 0 bridgehead atoms. The van der Waals surface area contributed by atoms with Crippen molar-refractivity contribution in [3.63, 3.8) is 0 Å². The molecular weight excluding hydrogens is 437 g/mol. The second-order valence-electron chi connectivity index (χ2n) is 7.51. The fraction of sp³-hybridized carbons (Fsp3) is 0.120. The highest BCUT2D eigenvalue weighted by atomic mass is 32.2. The summed E-state index contributed by atoms with van der Waals surface area (Å²) in [7, 11) is 0. The normalized spacial score (nSPS) is 11.2. The highest BCUT2D eigenvalue weighted by Gasteiger charge is 2.15. The third-order valence-corrected chi connectivity index (χ3v) is 6.20. The Morgan fingerprint density at radius 3 is 2.48 bits per heavy atom. The summed E-state index contributed by atoms with van der Waals surface area (Å²) in [5.74, 6) is 1.69. The summed E-state index contributed by atoms with van der Waals surface area (Å²) in [6.45, 7) is 0.591. The highest BCUT2D eigenvalue weighted by molar-refractivity contribution is 7.99. The molecule has 33 heavy (non-hydrogen) atoms. The van der Waals surface area contributed by atoms with E-state index in [9.17, 15) is 9.18 Å². The van der Waals surface area contributed by atoms with Crippen LogP contribution in [0.25, 0.3) is 22.3 Å². The van der Waals surface area contributed by atoms with Crippen molar-refractivity contribution in [2.45, 2.75) is 18.1 Å². The summed E-state index contributed by atoms with van der Waals surface area (Å²) in [5.41, 5.74) is 2.47. The molecule has 5 rings (SSSR count). The minimum atomic E-state index is -0.292. The molecule has 0 atom stereocenters. The van der Waals surface area contributed by atoms with E-state index in [0.717, 1.165) is 16.3 Å². The largest absolute Gasteiger partial charge is 0.310 e. The standard InChI is InChI=1S/C25H20FN5OS/c26-19-12-10-18(11-13-19)23-29-30-25(31(23)16-17-6-2-1-3-7-17)33-15-14-22-27-21-9-5-4-8-20(21)24(32)28-22/h1-13H,14-16H2,(H,27,28,32). The van der Waals surface area contributed by atoms with Crippen molar-refractivity contribution >= 4 is 22.7 Å². The van der Waals surface area contributed by atoms with Gasteiger partial charge in [-0.25, -0.2) is 9.37 Å². The first-order chi connectivity index (χ1) is 16.2. The van der Waals surface area contributed by atoms with E-state index in [4.69, 9.17) is 0 Å². The zero-order chi connectivity index (χ0) is 22.6. The Morgan fingerprint density at radius 1 is 0.909 bits per heavy atom. The topological polar surface area (TPSA) is 76.5 Å². The third kappa shape index (κ3) is 4.70. The third-order valence-electron chi connectivity index (χ3n) is 5.23. The summed E-state index contributed by atoms with van der Waals surface area (Å²) in [6, 6.07) is 23.6. The first-order valence-corrected chi connectivity index (χ1v) is 11.5. The molecule has 0 saturated heterocycles. The molecule has 0 saturated carbocycles. The number of aryl methyl sites for hydroxylation is 1. The summed E-state index contributed by atoms with van der Waals surface area (Å²) in [4.78, 5) is 19.8. The minimum Gasteiger partial charge on any atom is -0.310 e. The molecule has 8 heteroatoms. The number of nitrogens with zero attached hydrogens (tertiary/aromatic N) is 4. The summed E-state index contributed by atoms with van der Waals surface area (Å²) in [5, 5.41) is 10.1. The zero-order valence-corrected chi connectivity index (χ0v) is 18.4. The second-order valence-corrected chi connectivity index (χ2v) is 8.58. The lowest BCUT2D eigenvalue weighted by Gasteiger charge is -2.10. The van der Waals surface area contributed by atoms with Crippen molar-refractivity contribution in [2.24, 2.45) is 0 Å². The molecule has 0 aliphatic carbocycles. The molecule has 0 radical (unpaired) electrons. The number of hydrogen-bond donors (Lipinski definition) is 1. The number of fused-ring (bicyclic) bond motifs is 1. The number of aromatic nitrogens is 5. The van der Waals surface area contributed by atoms with Crippen molar-refractivity contribution in [3.05, 3.63) is 106 Å². The van der Waals surface area contributed by atoms with E-state index in [1.807, 2.05) is 53.1 Å². The van der Waals surface area contributed by atoms with Gasteiger partial charge in [0.15, 0.2) is 11.0 Å². The number of aromatic amines is 1. The van der Waals surface area contributed by atoms with Gasteiger partial charge in [-0.3, -0.25) is 9.36 Å². The van der Waals surface area contributed by atoms with Gasteiger partial charge in [0.25, 0.3) is 5.56 Å². The maximum atomic E-state index is 13.4. The molecule has 5 aromatic rings. The van der Waals surface area contributed by atoms with Crippen molar-refractivity contribution in [2.75, 3.05) is 5.75 Å².